The molecule has 0 aliphatic carbocycles. The highest BCUT2D eigenvalue weighted by molar-refractivity contribution is 7.87. The fourth-order valence-corrected chi connectivity index (χ4v) is 3.87. The number of thiazole rings is 1. The monoisotopic (exact) mass is 335 g/mol. The summed E-state index contributed by atoms with van der Waals surface area (Å²) >= 11 is 1.47. The lowest BCUT2D eigenvalue weighted by Gasteiger charge is -2.20. The van der Waals surface area contributed by atoms with Gasteiger partial charge < -0.3 is 4.74 Å². The summed E-state index contributed by atoms with van der Waals surface area (Å²) in [6.07, 6.45) is 0.0149. The van der Waals surface area contributed by atoms with Gasteiger partial charge in [-0.2, -0.15) is 17.4 Å². The number of hydrogen-bond donors (Lipinski definition) is 1. The second-order valence-electron chi connectivity index (χ2n) is 4.67. The van der Waals surface area contributed by atoms with Crippen LogP contribution in [0.15, 0.2) is 0 Å². The van der Waals surface area contributed by atoms with E-state index >= 15 is 0 Å². The van der Waals surface area contributed by atoms with E-state index in [2.05, 4.69) is 14.4 Å². The van der Waals surface area contributed by atoms with E-state index in [1.54, 1.807) is 6.92 Å². The smallest absolute Gasteiger partial charge is 0.306 e. The molecule has 1 heterocycles. The van der Waals surface area contributed by atoms with E-state index in [4.69, 9.17) is 0 Å². The Balaban J connectivity index is 2.71. The third-order valence-electron chi connectivity index (χ3n) is 2.93. The van der Waals surface area contributed by atoms with Gasteiger partial charge in [0, 0.05) is 18.5 Å². The molecule has 0 aliphatic rings. The average Bonchev–Trinajstić information content (AvgIpc) is 2.73. The standard InChI is InChI=1S/C12H21N3O4S2/c1-8-12(20-10(3)13-8)9(2)14-21(17,18)15(4)7-6-11(16)19-5/h9,14H,6-7H2,1-5H3. The van der Waals surface area contributed by atoms with E-state index in [0.717, 1.165) is 19.9 Å². The number of aromatic nitrogens is 1. The Morgan fingerprint density at radius 2 is 2.10 bits per heavy atom. The van der Waals surface area contributed by atoms with Gasteiger partial charge in [0.1, 0.15) is 0 Å². The first-order valence-electron chi connectivity index (χ1n) is 6.41. The third-order valence-corrected chi connectivity index (χ3v) is 5.84. The number of rotatable bonds is 7. The molecule has 1 atom stereocenters. The van der Waals surface area contributed by atoms with Gasteiger partial charge in [-0.25, -0.2) is 4.98 Å². The summed E-state index contributed by atoms with van der Waals surface area (Å²) in [6, 6.07) is -0.373. The van der Waals surface area contributed by atoms with Crippen molar-refractivity contribution in [1.29, 1.82) is 0 Å². The number of nitrogens with one attached hydrogen (secondary N) is 1. The zero-order valence-electron chi connectivity index (χ0n) is 12.8. The molecular formula is C12H21N3O4S2. The first kappa shape index (κ1) is 18.0. The van der Waals surface area contributed by atoms with Crippen LogP contribution in [-0.4, -0.2) is 44.4 Å². The van der Waals surface area contributed by atoms with Gasteiger partial charge in [0.05, 0.1) is 30.3 Å². The van der Waals surface area contributed by atoms with Gasteiger partial charge in [-0.1, -0.05) is 0 Å². The number of nitrogens with zero attached hydrogens (tertiary/aromatic N) is 2. The van der Waals surface area contributed by atoms with Crippen molar-refractivity contribution in [2.45, 2.75) is 33.2 Å². The van der Waals surface area contributed by atoms with Crippen molar-refractivity contribution in [3.8, 4) is 0 Å². The lowest BCUT2D eigenvalue weighted by molar-refractivity contribution is -0.140. The lowest BCUT2D eigenvalue weighted by Crippen LogP contribution is -2.40. The van der Waals surface area contributed by atoms with Crippen molar-refractivity contribution >= 4 is 27.5 Å². The number of carbonyl (C=O) groups is 1. The molecule has 0 aromatic carbocycles. The molecule has 0 amide bonds. The van der Waals surface area contributed by atoms with E-state index in [1.807, 2.05) is 13.8 Å². The van der Waals surface area contributed by atoms with Gasteiger partial charge in [0.15, 0.2) is 0 Å². The van der Waals surface area contributed by atoms with E-state index in [1.165, 1.54) is 25.5 Å². The van der Waals surface area contributed by atoms with Gasteiger partial charge in [0.2, 0.25) is 0 Å². The number of carbonyl (C=O) groups excluding carboxylic acids is 1. The molecule has 1 aromatic heterocycles. The van der Waals surface area contributed by atoms with Crippen LogP contribution < -0.4 is 4.72 Å². The van der Waals surface area contributed by atoms with Gasteiger partial charge in [-0.05, 0) is 20.8 Å². The van der Waals surface area contributed by atoms with Crippen LogP contribution in [0.2, 0.25) is 0 Å². The Morgan fingerprint density at radius 1 is 1.48 bits per heavy atom. The van der Waals surface area contributed by atoms with Crippen LogP contribution in [0, 0.1) is 13.8 Å². The summed E-state index contributed by atoms with van der Waals surface area (Å²) in [6.45, 7) is 5.57. The minimum Gasteiger partial charge on any atom is -0.469 e. The van der Waals surface area contributed by atoms with Crippen molar-refractivity contribution in [2.75, 3.05) is 20.7 Å². The van der Waals surface area contributed by atoms with Crippen LogP contribution in [-0.2, 0) is 19.7 Å². The minimum absolute atomic E-state index is 0.0149. The fraction of sp³-hybridized carbons (Fsp3) is 0.667. The molecule has 1 unspecified atom stereocenters. The average molecular weight is 335 g/mol. The van der Waals surface area contributed by atoms with Crippen molar-refractivity contribution in [3.63, 3.8) is 0 Å². The molecule has 1 aromatic rings. The van der Waals surface area contributed by atoms with E-state index in [9.17, 15) is 13.2 Å². The number of methoxy groups -OCH3 is 1. The molecule has 0 radical (unpaired) electrons. The summed E-state index contributed by atoms with van der Waals surface area (Å²) in [5.41, 5.74) is 0.824. The second-order valence-corrected chi connectivity index (χ2v) is 7.72. The number of hydrogen-bond acceptors (Lipinski definition) is 6. The van der Waals surface area contributed by atoms with E-state index < -0.39 is 16.2 Å². The van der Waals surface area contributed by atoms with Gasteiger partial charge in [-0.15, -0.1) is 11.3 Å². The van der Waals surface area contributed by atoms with Crippen LogP contribution in [0.5, 0.6) is 0 Å². The highest BCUT2D eigenvalue weighted by atomic mass is 32.2. The van der Waals surface area contributed by atoms with Crippen molar-refractivity contribution in [3.05, 3.63) is 15.6 Å². The molecule has 9 heteroatoms. The highest BCUT2D eigenvalue weighted by Gasteiger charge is 2.23. The minimum atomic E-state index is -3.66. The maximum absolute atomic E-state index is 12.2. The number of ether oxygens (including phenoxy) is 1. The molecule has 0 aliphatic heterocycles. The molecule has 0 fully saturated rings. The van der Waals surface area contributed by atoms with Crippen LogP contribution in [0.3, 0.4) is 0 Å². The van der Waals surface area contributed by atoms with Crippen LogP contribution in [0.1, 0.15) is 35.0 Å². The summed E-state index contributed by atoms with van der Waals surface area (Å²) in [5.74, 6) is -0.445. The maximum Gasteiger partial charge on any atom is 0.306 e. The predicted molar refractivity (Wildman–Crippen MR) is 81.3 cm³/mol. The SMILES string of the molecule is COC(=O)CCN(C)S(=O)(=O)NC(C)c1sc(C)nc1C. The molecule has 7 nitrogen and oxygen atoms in total. The molecule has 0 saturated heterocycles. The van der Waals surface area contributed by atoms with Crippen molar-refractivity contribution in [2.24, 2.45) is 0 Å². The first-order chi connectivity index (χ1) is 9.67. The number of esters is 1. The Bertz CT molecular complexity index is 598. The second kappa shape index (κ2) is 7.30. The number of aryl methyl sites for hydroxylation is 2. The predicted octanol–water partition coefficient (Wildman–Crippen LogP) is 1.15. The third kappa shape index (κ3) is 5.03. The van der Waals surface area contributed by atoms with E-state index in [-0.39, 0.29) is 19.0 Å². The molecule has 0 spiro atoms. The normalized spacial score (nSPS) is 13.4. The largest absolute Gasteiger partial charge is 0.469 e. The summed E-state index contributed by atoms with van der Waals surface area (Å²) in [4.78, 5) is 16.2. The summed E-state index contributed by atoms with van der Waals surface area (Å²) in [7, 11) is -0.975. The Morgan fingerprint density at radius 3 is 2.57 bits per heavy atom. The van der Waals surface area contributed by atoms with Crippen LogP contribution in [0.4, 0.5) is 0 Å². The van der Waals surface area contributed by atoms with Gasteiger partial charge >= 0.3 is 5.97 Å². The molecule has 21 heavy (non-hydrogen) atoms. The topological polar surface area (TPSA) is 88.6 Å². The van der Waals surface area contributed by atoms with Crippen LogP contribution >= 0.6 is 11.3 Å². The summed E-state index contributed by atoms with van der Waals surface area (Å²) in [5, 5.41) is 0.896. The fourth-order valence-electron chi connectivity index (χ4n) is 1.79. The highest BCUT2D eigenvalue weighted by Crippen LogP contribution is 2.25. The van der Waals surface area contributed by atoms with E-state index in [0.29, 0.717) is 0 Å². The molecule has 0 saturated carbocycles. The summed E-state index contributed by atoms with van der Waals surface area (Å²) < 4.78 is 32.5. The maximum atomic E-state index is 12.2. The van der Waals surface area contributed by atoms with Crippen molar-refractivity contribution < 1.29 is 17.9 Å². The van der Waals surface area contributed by atoms with Gasteiger partial charge in [0.25, 0.3) is 10.2 Å². The molecule has 1 rings (SSSR count). The molecular weight excluding hydrogens is 314 g/mol. The Kier molecular flexibility index (Phi) is 6.26. The zero-order chi connectivity index (χ0) is 16.2. The molecule has 0 bridgehead atoms. The molecule has 1 N–H and O–H groups in total. The first-order valence-corrected chi connectivity index (χ1v) is 8.67. The van der Waals surface area contributed by atoms with Crippen LogP contribution in [0.25, 0.3) is 0 Å². The molecule has 120 valence electrons. The Hall–Kier alpha value is -1.03. The quantitative estimate of drug-likeness (QED) is 0.755. The Labute approximate surface area is 129 Å². The van der Waals surface area contributed by atoms with Gasteiger partial charge in [-0.3, -0.25) is 4.79 Å². The van der Waals surface area contributed by atoms with Crippen molar-refractivity contribution in [1.82, 2.24) is 14.0 Å². The zero-order valence-corrected chi connectivity index (χ0v) is 14.5. The lowest BCUT2D eigenvalue weighted by atomic mass is 10.2.